The second-order valence-electron chi connectivity index (χ2n) is 6.31. The summed E-state index contributed by atoms with van der Waals surface area (Å²) >= 11 is 3.42. The molecule has 5 nitrogen and oxygen atoms in total. The van der Waals surface area contributed by atoms with Gasteiger partial charge in [0.05, 0.1) is 34.8 Å². The van der Waals surface area contributed by atoms with E-state index in [4.69, 9.17) is 5.26 Å². The number of carbonyl (C=O) groups excluding carboxylic acids is 1. The molecule has 0 bridgehead atoms. The van der Waals surface area contributed by atoms with Crippen molar-refractivity contribution in [2.45, 2.75) is 13.5 Å². The Kier molecular flexibility index (Phi) is 6.07. The van der Waals surface area contributed by atoms with E-state index in [9.17, 15) is 4.79 Å². The largest absolute Gasteiger partial charge is 0.331 e. The molecule has 0 saturated carbocycles. The van der Waals surface area contributed by atoms with Crippen LogP contribution in [0.25, 0.3) is 5.69 Å². The first-order valence-electron chi connectivity index (χ1n) is 8.73. The highest BCUT2D eigenvalue weighted by molar-refractivity contribution is 9.10. The van der Waals surface area contributed by atoms with Crippen molar-refractivity contribution in [1.29, 1.82) is 5.26 Å². The molecule has 1 amide bonds. The third-order valence-corrected chi connectivity index (χ3v) is 4.93. The number of benzene rings is 2. The quantitative estimate of drug-likeness (QED) is 0.530. The minimum absolute atomic E-state index is 0.106. The molecule has 0 fully saturated rings. The summed E-state index contributed by atoms with van der Waals surface area (Å²) in [5, 5.41) is 13.3. The zero-order chi connectivity index (χ0) is 20.1. The van der Waals surface area contributed by atoms with Gasteiger partial charge < -0.3 is 4.90 Å². The van der Waals surface area contributed by atoms with Crippen LogP contribution in [0.3, 0.4) is 0 Å². The number of hydrogen-bond donors (Lipinski definition) is 0. The highest BCUT2D eigenvalue weighted by Gasteiger charge is 2.21. The third kappa shape index (κ3) is 4.21. The van der Waals surface area contributed by atoms with Crippen LogP contribution in [-0.4, -0.2) is 27.1 Å². The van der Waals surface area contributed by atoms with Crippen molar-refractivity contribution in [3.05, 3.63) is 94.2 Å². The predicted molar refractivity (Wildman–Crippen MR) is 112 cm³/mol. The Hall–Kier alpha value is -3.17. The number of aromatic nitrogens is 2. The summed E-state index contributed by atoms with van der Waals surface area (Å²) in [5.41, 5.74) is 3.77. The number of hydrogen-bond acceptors (Lipinski definition) is 3. The van der Waals surface area contributed by atoms with Crippen molar-refractivity contribution in [3.63, 3.8) is 0 Å². The van der Waals surface area contributed by atoms with Crippen molar-refractivity contribution in [3.8, 4) is 11.8 Å². The van der Waals surface area contributed by atoms with E-state index in [0.717, 1.165) is 21.4 Å². The summed E-state index contributed by atoms with van der Waals surface area (Å²) in [6, 6.07) is 17.1. The number of nitriles is 1. The maximum Gasteiger partial charge on any atom is 0.257 e. The molecule has 0 saturated heterocycles. The molecule has 2 aromatic carbocycles. The molecule has 0 aliphatic carbocycles. The SMILES string of the molecule is C=CCN(Cc1ccc(C#N)cc1)C(=O)c1cnn(-c2ccc(Br)cc2)c1C. The van der Waals surface area contributed by atoms with Crippen molar-refractivity contribution in [2.24, 2.45) is 0 Å². The van der Waals surface area contributed by atoms with E-state index in [1.807, 2.05) is 43.3 Å². The lowest BCUT2D eigenvalue weighted by atomic mass is 10.1. The molecule has 140 valence electrons. The Morgan fingerprint density at radius 2 is 1.93 bits per heavy atom. The maximum atomic E-state index is 13.1. The molecule has 0 radical (unpaired) electrons. The van der Waals surface area contributed by atoms with Crippen LogP contribution in [0.4, 0.5) is 0 Å². The minimum Gasteiger partial charge on any atom is -0.331 e. The molecule has 1 aromatic heterocycles. The summed E-state index contributed by atoms with van der Waals surface area (Å²) in [4.78, 5) is 14.9. The van der Waals surface area contributed by atoms with Gasteiger partial charge in [0.15, 0.2) is 0 Å². The molecular formula is C22H19BrN4O. The Morgan fingerprint density at radius 1 is 1.25 bits per heavy atom. The van der Waals surface area contributed by atoms with E-state index in [-0.39, 0.29) is 5.91 Å². The molecule has 3 rings (SSSR count). The van der Waals surface area contributed by atoms with Gasteiger partial charge in [-0.1, -0.05) is 34.1 Å². The first-order chi connectivity index (χ1) is 13.5. The fourth-order valence-corrected chi connectivity index (χ4v) is 3.18. The average molecular weight is 435 g/mol. The van der Waals surface area contributed by atoms with Crippen LogP contribution < -0.4 is 0 Å². The number of rotatable bonds is 6. The summed E-state index contributed by atoms with van der Waals surface area (Å²) < 4.78 is 2.74. The second-order valence-corrected chi connectivity index (χ2v) is 7.23. The van der Waals surface area contributed by atoms with E-state index in [0.29, 0.717) is 24.2 Å². The van der Waals surface area contributed by atoms with Gasteiger partial charge in [0, 0.05) is 17.6 Å². The Bertz CT molecular complexity index is 1030. The minimum atomic E-state index is -0.106. The van der Waals surface area contributed by atoms with Crippen LogP contribution in [0.1, 0.15) is 27.2 Å². The zero-order valence-corrected chi connectivity index (χ0v) is 17.1. The van der Waals surface area contributed by atoms with E-state index < -0.39 is 0 Å². The van der Waals surface area contributed by atoms with Gasteiger partial charge in [-0.05, 0) is 48.9 Å². The van der Waals surface area contributed by atoms with Crippen LogP contribution in [0.2, 0.25) is 0 Å². The van der Waals surface area contributed by atoms with E-state index in [2.05, 4.69) is 33.7 Å². The maximum absolute atomic E-state index is 13.1. The first kappa shape index (κ1) is 19.6. The summed E-state index contributed by atoms with van der Waals surface area (Å²) in [5.74, 6) is -0.106. The monoisotopic (exact) mass is 434 g/mol. The molecule has 0 aliphatic heterocycles. The normalized spacial score (nSPS) is 10.3. The van der Waals surface area contributed by atoms with E-state index in [1.54, 1.807) is 34.0 Å². The van der Waals surface area contributed by atoms with Gasteiger partial charge in [-0.3, -0.25) is 4.79 Å². The molecule has 28 heavy (non-hydrogen) atoms. The molecule has 6 heteroatoms. The van der Waals surface area contributed by atoms with E-state index >= 15 is 0 Å². The number of carbonyl (C=O) groups is 1. The van der Waals surface area contributed by atoms with Crippen LogP contribution in [0.15, 0.2) is 71.9 Å². The van der Waals surface area contributed by atoms with Gasteiger partial charge in [0.2, 0.25) is 0 Å². The molecule has 0 unspecified atom stereocenters. The van der Waals surface area contributed by atoms with Crippen molar-refractivity contribution in [1.82, 2.24) is 14.7 Å². The molecule has 0 atom stereocenters. The van der Waals surface area contributed by atoms with Crippen molar-refractivity contribution >= 4 is 21.8 Å². The van der Waals surface area contributed by atoms with Gasteiger partial charge in [-0.2, -0.15) is 10.4 Å². The molecule has 0 aliphatic rings. The second kappa shape index (κ2) is 8.68. The summed E-state index contributed by atoms with van der Waals surface area (Å²) in [6.45, 7) is 6.50. The van der Waals surface area contributed by atoms with Gasteiger partial charge in [-0.15, -0.1) is 6.58 Å². The van der Waals surface area contributed by atoms with Crippen LogP contribution >= 0.6 is 15.9 Å². The Labute approximate surface area is 172 Å². The van der Waals surface area contributed by atoms with Crippen LogP contribution in [0.5, 0.6) is 0 Å². The van der Waals surface area contributed by atoms with Crippen LogP contribution in [0, 0.1) is 18.3 Å². The summed E-state index contributed by atoms with van der Waals surface area (Å²) in [7, 11) is 0. The molecule has 0 N–H and O–H groups in total. The number of halogens is 1. The van der Waals surface area contributed by atoms with Gasteiger partial charge >= 0.3 is 0 Å². The average Bonchev–Trinajstić information content (AvgIpc) is 3.09. The van der Waals surface area contributed by atoms with E-state index in [1.165, 1.54) is 0 Å². The lowest BCUT2D eigenvalue weighted by molar-refractivity contribution is 0.0762. The Balaban J connectivity index is 1.86. The van der Waals surface area contributed by atoms with Crippen LogP contribution in [-0.2, 0) is 6.54 Å². The lowest BCUT2D eigenvalue weighted by Gasteiger charge is -2.21. The Morgan fingerprint density at radius 3 is 2.54 bits per heavy atom. The first-order valence-corrected chi connectivity index (χ1v) is 9.52. The molecule has 0 spiro atoms. The molecule has 1 heterocycles. The fraction of sp³-hybridized carbons (Fsp3) is 0.136. The topological polar surface area (TPSA) is 61.9 Å². The molecule has 3 aromatic rings. The number of amides is 1. The standard InChI is InChI=1S/C22H19BrN4O/c1-3-12-26(15-18-6-4-17(13-24)5-7-18)22(28)21-14-25-27(16(21)2)20-10-8-19(23)9-11-20/h3-11,14H,1,12,15H2,2H3. The highest BCUT2D eigenvalue weighted by Crippen LogP contribution is 2.19. The number of nitrogens with zero attached hydrogens (tertiary/aromatic N) is 4. The lowest BCUT2D eigenvalue weighted by Crippen LogP contribution is -2.31. The van der Waals surface area contributed by atoms with Gasteiger partial charge in [-0.25, -0.2) is 4.68 Å². The van der Waals surface area contributed by atoms with Crippen molar-refractivity contribution in [2.75, 3.05) is 6.54 Å². The third-order valence-electron chi connectivity index (χ3n) is 4.40. The smallest absolute Gasteiger partial charge is 0.257 e. The highest BCUT2D eigenvalue weighted by atomic mass is 79.9. The summed E-state index contributed by atoms with van der Waals surface area (Å²) in [6.07, 6.45) is 3.31. The van der Waals surface area contributed by atoms with Crippen molar-refractivity contribution < 1.29 is 4.79 Å². The zero-order valence-electron chi connectivity index (χ0n) is 15.5. The van der Waals surface area contributed by atoms with Gasteiger partial charge in [0.1, 0.15) is 0 Å². The fourth-order valence-electron chi connectivity index (χ4n) is 2.91. The molecular weight excluding hydrogens is 416 g/mol. The predicted octanol–water partition coefficient (Wildman–Crippen LogP) is 4.64. The van der Waals surface area contributed by atoms with Gasteiger partial charge in [0.25, 0.3) is 5.91 Å².